The number of likely N-dealkylation sites (tertiary alicyclic amines) is 1. The summed E-state index contributed by atoms with van der Waals surface area (Å²) in [5.41, 5.74) is 1.23. The van der Waals surface area contributed by atoms with Crippen LogP contribution in [0.3, 0.4) is 0 Å². The maximum atomic E-state index is 12.0. The van der Waals surface area contributed by atoms with Gasteiger partial charge in [0.1, 0.15) is 0 Å². The van der Waals surface area contributed by atoms with Crippen molar-refractivity contribution in [2.45, 2.75) is 25.8 Å². The largest absolute Gasteiger partial charge is 0.356 e. The van der Waals surface area contributed by atoms with Gasteiger partial charge in [-0.05, 0) is 37.9 Å². The molecule has 18 heavy (non-hydrogen) atoms. The van der Waals surface area contributed by atoms with E-state index >= 15 is 0 Å². The maximum absolute atomic E-state index is 12.0. The first-order chi connectivity index (χ1) is 8.70. The molecule has 3 heterocycles. The second-order valence-electron chi connectivity index (χ2n) is 5.71. The van der Waals surface area contributed by atoms with Crippen LogP contribution in [0.4, 0.5) is 0 Å². The summed E-state index contributed by atoms with van der Waals surface area (Å²) in [7, 11) is 2.08. The van der Waals surface area contributed by atoms with Crippen molar-refractivity contribution in [2.75, 3.05) is 19.6 Å². The number of amides is 1. The van der Waals surface area contributed by atoms with Gasteiger partial charge >= 0.3 is 0 Å². The van der Waals surface area contributed by atoms with Gasteiger partial charge in [-0.1, -0.05) is 0 Å². The smallest absolute Gasteiger partial charge is 0.227 e. The van der Waals surface area contributed by atoms with E-state index in [0.717, 1.165) is 45.4 Å². The molecule has 1 atom stereocenters. The second kappa shape index (κ2) is 4.43. The van der Waals surface area contributed by atoms with Crippen LogP contribution in [0.5, 0.6) is 0 Å². The molecule has 1 aromatic rings. The van der Waals surface area contributed by atoms with Crippen LogP contribution in [0.1, 0.15) is 25.0 Å². The molecule has 2 saturated heterocycles. The highest BCUT2D eigenvalue weighted by molar-refractivity contribution is 5.85. The minimum atomic E-state index is -0.0938. The molecule has 2 aliphatic heterocycles. The second-order valence-corrected chi connectivity index (χ2v) is 5.71. The Kier molecular flexibility index (Phi) is 2.90. The lowest BCUT2D eigenvalue weighted by atomic mass is 9.78. The van der Waals surface area contributed by atoms with Gasteiger partial charge in [0.25, 0.3) is 0 Å². The number of piperidine rings is 1. The van der Waals surface area contributed by atoms with Crippen LogP contribution >= 0.6 is 0 Å². The molecular formula is C14H21N3O. The molecule has 3 rings (SSSR count). The summed E-state index contributed by atoms with van der Waals surface area (Å²) in [6.45, 7) is 3.85. The van der Waals surface area contributed by atoms with Gasteiger partial charge in [-0.25, -0.2) is 0 Å². The number of aryl methyl sites for hydroxylation is 1. The highest BCUT2D eigenvalue weighted by Gasteiger charge is 2.45. The minimum Gasteiger partial charge on any atom is -0.356 e. The van der Waals surface area contributed by atoms with Gasteiger partial charge < -0.3 is 9.88 Å². The first kappa shape index (κ1) is 11.8. The fraction of sp³-hybridized carbons (Fsp3) is 0.643. The fourth-order valence-electron chi connectivity index (χ4n) is 3.36. The SMILES string of the molecule is Cn1cccc1CN1CCC[C@]2(CCNC2=O)C1. The van der Waals surface area contributed by atoms with Gasteiger partial charge in [0.2, 0.25) is 5.91 Å². The molecule has 98 valence electrons. The molecule has 1 aromatic heterocycles. The zero-order valence-electron chi connectivity index (χ0n) is 11.0. The van der Waals surface area contributed by atoms with Crippen LogP contribution in [-0.4, -0.2) is 35.0 Å². The lowest BCUT2D eigenvalue weighted by Gasteiger charge is -2.38. The Labute approximate surface area is 108 Å². The lowest BCUT2D eigenvalue weighted by molar-refractivity contribution is -0.130. The molecule has 1 spiro atoms. The summed E-state index contributed by atoms with van der Waals surface area (Å²) < 4.78 is 2.16. The summed E-state index contributed by atoms with van der Waals surface area (Å²) in [6.07, 6.45) is 5.28. The van der Waals surface area contributed by atoms with E-state index in [1.165, 1.54) is 5.69 Å². The summed E-state index contributed by atoms with van der Waals surface area (Å²) in [5, 5.41) is 3.00. The van der Waals surface area contributed by atoms with Crippen LogP contribution in [-0.2, 0) is 18.4 Å². The van der Waals surface area contributed by atoms with Crippen molar-refractivity contribution in [1.29, 1.82) is 0 Å². The van der Waals surface area contributed by atoms with E-state index in [-0.39, 0.29) is 11.3 Å². The van der Waals surface area contributed by atoms with E-state index in [4.69, 9.17) is 0 Å². The van der Waals surface area contributed by atoms with Crippen LogP contribution < -0.4 is 5.32 Å². The van der Waals surface area contributed by atoms with Gasteiger partial charge in [0.15, 0.2) is 0 Å². The number of rotatable bonds is 2. The van der Waals surface area contributed by atoms with Crippen molar-refractivity contribution >= 4 is 5.91 Å². The molecule has 4 heteroatoms. The Morgan fingerprint density at radius 2 is 2.33 bits per heavy atom. The molecule has 2 aliphatic rings. The van der Waals surface area contributed by atoms with Crippen LogP contribution in [0.15, 0.2) is 18.3 Å². The zero-order chi connectivity index (χ0) is 12.6. The molecule has 1 N–H and O–H groups in total. The maximum Gasteiger partial charge on any atom is 0.227 e. The number of carbonyl (C=O) groups excluding carboxylic acids is 1. The Bertz CT molecular complexity index is 454. The lowest BCUT2D eigenvalue weighted by Crippen LogP contribution is -2.46. The van der Waals surface area contributed by atoms with Crippen LogP contribution in [0.2, 0.25) is 0 Å². The molecule has 0 radical (unpaired) electrons. The highest BCUT2D eigenvalue weighted by Crippen LogP contribution is 2.36. The number of hydrogen-bond acceptors (Lipinski definition) is 2. The Hall–Kier alpha value is -1.29. The van der Waals surface area contributed by atoms with Crippen molar-refractivity contribution in [3.05, 3.63) is 24.0 Å². The Balaban J connectivity index is 1.71. The van der Waals surface area contributed by atoms with Gasteiger partial charge in [-0.2, -0.15) is 0 Å². The minimum absolute atomic E-state index is 0.0938. The molecule has 1 amide bonds. The highest BCUT2D eigenvalue weighted by atomic mass is 16.2. The molecule has 0 bridgehead atoms. The van der Waals surface area contributed by atoms with E-state index in [1.54, 1.807) is 0 Å². The van der Waals surface area contributed by atoms with E-state index in [0.29, 0.717) is 0 Å². The van der Waals surface area contributed by atoms with Crippen LogP contribution in [0, 0.1) is 5.41 Å². The number of carbonyl (C=O) groups is 1. The standard InChI is InChI=1S/C14H21N3O/c1-16-8-2-4-12(16)10-17-9-3-5-14(11-17)6-7-15-13(14)18/h2,4,8H,3,5-7,9-11H2,1H3,(H,15,18)/t14-/m0/s1. The van der Waals surface area contributed by atoms with Crippen molar-refractivity contribution < 1.29 is 4.79 Å². The third-order valence-electron chi connectivity index (χ3n) is 4.46. The van der Waals surface area contributed by atoms with E-state index < -0.39 is 0 Å². The summed E-state index contributed by atoms with van der Waals surface area (Å²) in [5.74, 6) is 0.277. The van der Waals surface area contributed by atoms with Crippen molar-refractivity contribution in [3.8, 4) is 0 Å². The predicted molar refractivity (Wildman–Crippen MR) is 70.0 cm³/mol. The summed E-state index contributed by atoms with van der Waals surface area (Å²) >= 11 is 0. The molecule has 2 fully saturated rings. The monoisotopic (exact) mass is 247 g/mol. The molecule has 4 nitrogen and oxygen atoms in total. The summed E-state index contributed by atoms with van der Waals surface area (Å²) in [4.78, 5) is 14.5. The van der Waals surface area contributed by atoms with Crippen molar-refractivity contribution in [2.24, 2.45) is 12.5 Å². The first-order valence-electron chi connectivity index (χ1n) is 6.80. The Morgan fingerprint density at radius 3 is 3.00 bits per heavy atom. The molecule has 0 saturated carbocycles. The number of aromatic nitrogens is 1. The van der Waals surface area contributed by atoms with Gasteiger partial charge in [0, 0.05) is 38.6 Å². The molecular weight excluding hydrogens is 226 g/mol. The van der Waals surface area contributed by atoms with Crippen LogP contribution in [0.25, 0.3) is 0 Å². The average Bonchev–Trinajstić information content (AvgIpc) is 2.89. The van der Waals surface area contributed by atoms with Crippen molar-refractivity contribution in [3.63, 3.8) is 0 Å². The molecule has 0 unspecified atom stereocenters. The van der Waals surface area contributed by atoms with Gasteiger partial charge in [-0.15, -0.1) is 0 Å². The zero-order valence-corrected chi connectivity index (χ0v) is 11.0. The normalized spacial score (nSPS) is 28.8. The van der Waals surface area contributed by atoms with E-state index in [2.05, 4.69) is 40.2 Å². The number of hydrogen-bond donors (Lipinski definition) is 1. The van der Waals surface area contributed by atoms with E-state index in [1.807, 2.05) is 0 Å². The topological polar surface area (TPSA) is 37.3 Å². The predicted octanol–water partition coefficient (Wildman–Crippen LogP) is 1.13. The van der Waals surface area contributed by atoms with Gasteiger partial charge in [0.05, 0.1) is 5.41 Å². The first-order valence-corrected chi connectivity index (χ1v) is 6.80. The molecule has 0 aliphatic carbocycles. The Morgan fingerprint density at radius 1 is 1.44 bits per heavy atom. The average molecular weight is 247 g/mol. The summed E-state index contributed by atoms with van der Waals surface area (Å²) in [6, 6.07) is 4.24. The number of nitrogens with zero attached hydrogens (tertiary/aromatic N) is 2. The van der Waals surface area contributed by atoms with E-state index in [9.17, 15) is 4.79 Å². The third kappa shape index (κ3) is 1.94. The quantitative estimate of drug-likeness (QED) is 0.850. The van der Waals surface area contributed by atoms with Crippen molar-refractivity contribution in [1.82, 2.24) is 14.8 Å². The number of nitrogens with one attached hydrogen (secondary N) is 1. The third-order valence-corrected chi connectivity index (χ3v) is 4.46. The fourth-order valence-corrected chi connectivity index (χ4v) is 3.36. The molecule has 0 aromatic carbocycles. The van der Waals surface area contributed by atoms with Gasteiger partial charge in [-0.3, -0.25) is 9.69 Å².